The zero-order valence-corrected chi connectivity index (χ0v) is 24.2. The van der Waals surface area contributed by atoms with Gasteiger partial charge in [-0.2, -0.15) is 18.2 Å². The number of alkyl halides is 3. The van der Waals surface area contributed by atoms with Crippen LogP contribution in [0.5, 0.6) is 0 Å². The molecule has 3 aromatic rings. The van der Waals surface area contributed by atoms with Crippen LogP contribution in [0.2, 0.25) is 0 Å². The molecule has 16 heteroatoms. The van der Waals surface area contributed by atoms with E-state index in [1.54, 1.807) is 0 Å². The molecule has 0 aliphatic heterocycles. The Bertz CT molecular complexity index is 1660. The summed E-state index contributed by atoms with van der Waals surface area (Å²) in [4.78, 5) is 33.6. The minimum Gasteiger partial charge on any atom is -0.465 e. The van der Waals surface area contributed by atoms with Crippen LogP contribution in [0, 0.1) is 5.82 Å². The van der Waals surface area contributed by atoms with E-state index in [1.165, 1.54) is 22.9 Å². The molecule has 4 N–H and O–H groups in total. The number of hydrogen-bond acceptors (Lipinski definition) is 7. The van der Waals surface area contributed by atoms with Gasteiger partial charge in [-0.25, -0.2) is 22.6 Å². The molecule has 0 bridgehead atoms. The van der Waals surface area contributed by atoms with Crippen molar-refractivity contribution in [3.05, 3.63) is 46.6 Å². The lowest BCUT2D eigenvalue weighted by Crippen LogP contribution is -2.39. The summed E-state index contributed by atoms with van der Waals surface area (Å²) in [7, 11) is -4.47. The first kappa shape index (κ1) is 32.0. The van der Waals surface area contributed by atoms with E-state index in [9.17, 15) is 35.6 Å². The molecule has 43 heavy (non-hydrogen) atoms. The maximum atomic E-state index is 14.9. The lowest BCUT2D eigenvalue weighted by Gasteiger charge is -2.29. The summed E-state index contributed by atoms with van der Waals surface area (Å²) in [5.74, 6) is -2.02. The molecule has 2 aromatic heterocycles. The van der Waals surface area contributed by atoms with Crippen LogP contribution in [0.25, 0.3) is 22.2 Å². The van der Waals surface area contributed by atoms with Crippen molar-refractivity contribution in [3.8, 4) is 11.1 Å². The van der Waals surface area contributed by atoms with E-state index < -0.39 is 51.5 Å². The van der Waals surface area contributed by atoms with E-state index in [0.717, 1.165) is 12.1 Å². The van der Waals surface area contributed by atoms with Gasteiger partial charge in [0, 0.05) is 35.3 Å². The average molecular weight is 629 g/mol. The summed E-state index contributed by atoms with van der Waals surface area (Å²) < 4.78 is 79.7. The lowest BCUT2D eigenvalue weighted by atomic mass is 9.91. The second-order valence-electron chi connectivity index (χ2n) is 10.6. The summed E-state index contributed by atoms with van der Waals surface area (Å²) in [6.07, 6.45) is -2.52. The Morgan fingerprint density at radius 1 is 1.16 bits per heavy atom. The van der Waals surface area contributed by atoms with E-state index in [4.69, 9.17) is 5.11 Å². The quantitative estimate of drug-likeness (QED) is 0.222. The lowest BCUT2D eigenvalue weighted by molar-refractivity contribution is -0.129. The second-order valence-corrected chi connectivity index (χ2v) is 12.4. The van der Waals surface area contributed by atoms with Gasteiger partial charge in [-0.1, -0.05) is 13.0 Å². The summed E-state index contributed by atoms with van der Waals surface area (Å²) in [6, 6.07) is 4.40. The maximum Gasteiger partial charge on any atom is 0.404 e. The molecule has 2 heterocycles. The number of aromatic nitrogens is 3. The Kier molecular flexibility index (Phi) is 9.47. The molecule has 0 unspecified atom stereocenters. The molecule has 0 saturated heterocycles. The number of hydrogen-bond donors (Lipinski definition) is 4. The van der Waals surface area contributed by atoms with E-state index in [1.807, 2.05) is 18.6 Å². The van der Waals surface area contributed by atoms with Crippen molar-refractivity contribution in [3.63, 3.8) is 0 Å². The molecule has 1 aromatic carbocycles. The van der Waals surface area contributed by atoms with Gasteiger partial charge in [-0.05, 0) is 62.8 Å². The predicted molar refractivity (Wildman–Crippen MR) is 153 cm³/mol. The minimum atomic E-state index is -4.69. The molecule has 0 spiro atoms. The smallest absolute Gasteiger partial charge is 0.404 e. The van der Waals surface area contributed by atoms with Crippen LogP contribution in [0.15, 0.2) is 35.3 Å². The first-order valence-corrected chi connectivity index (χ1v) is 15.4. The third-order valence-corrected chi connectivity index (χ3v) is 8.67. The topological polar surface area (TPSA) is 155 Å². The van der Waals surface area contributed by atoms with Crippen LogP contribution in [0.1, 0.15) is 58.4 Å². The largest absolute Gasteiger partial charge is 0.465 e. The summed E-state index contributed by atoms with van der Waals surface area (Å²) in [5, 5.41) is 15.2. The van der Waals surface area contributed by atoms with Gasteiger partial charge in [0.2, 0.25) is 16.0 Å². The summed E-state index contributed by atoms with van der Waals surface area (Å²) >= 11 is 0. The van der Waals surface area contributed by atoms with Gasteiger partial charge in [0.1, 0.15) is 11.5 Å². The number of carboxylic acid groups (broad SMARTS) is 1. The molecule has 1 atom stereocenters. The third kappa shape index (κ3) is 8.12. The highest BCUT2D eigenvalue weighted by Gasteiger charge is 2.30. The van der Waals surface area contributed by atoms with Crippen LogP contribution >= 0.6 is 0 Å². The molecule has 4 rings (SSSR count). The average Bonchev–Trinajstić information content (AvgIpc) is 2.93. The molecule has 1 aliphatic rings. The molecule has 1 amide bonds. The zero-order chi connectivity index (χ0) is 31.5. The number of halogens is 4. The van der Waals surface area contributed by atoms with Crippen LogP contribution < -0.4 is 20.9 Å². The number of anilines is 2. The number of benzene rings is 1. The Morgan fingerprint density at radius 3 is 2.44 bits per heavy atom. The monoisotopic (exact) mass is 628 g/mol. The Hall–Kier alpha value is -3.95. The fourth-order valence-corrected chi connectivity index (χ4v) is 6.06. The molecule has 1 saturated carbocycles. The standard InChI is InChI=1S/C27H32F4N6O5S/c1-3-15(2)37-23-17(14-32-25(35-23)33-18-5-7-19(8-6-18)34-26(39)40)12-20(24(37)38)16-4-9-22(21(28)13-16)36-43(41,42)11-10-27(29,30)31/h4,9,12-15,18-19,34,36H,3,5-8,10-11H2,1-2H3,(H,39,40)(H,32,33,35)/t15-,18?,19?/m0/s1. The Balaban J connectivity index is 1.62. The van der Waals surface area contributed by atoms with E-state index in [-0.39, 0.29) is 29.3 Å². The first-order chi connectivity index (χ1) is 20.2. The maximum absolute atomic E-state index is 14.9. The number of rotatable bonds is 10. The van der Waals surface area contributed by atoms with Crippen molar-refractivity contribution < 1.29 is 35.9 Å². The third-order valence-electron chi connectivity index (χ3n) is 7.39. The summed E-state index contributed by atoms with van der Waals surface area (Å²) in [6.45, 7) is 3.72. The van der Waals surface area contributed by atoms with Crippen LogP contribution in [0.4, 0.5) is 34.0 Å². The highest BCUT2D eigenvalue weighted by Crippen LogP contribution is 2.28. The number of carbonyl (C=O) groups is 1. The normalized spacial score (nSPS) is 18.3. The zero-order valence-electron chi connectivity index (χ0n) is 23.4. The van der Waals surface area contributed by atoms with E-state index in [2.05, 4.69) is 20.6 Å². The van der Waals surface area contributed by atoms with Crippen molar-refractivity contribution in [2.24, 2.45) is 0 Å². The van der Waals surface area contributed by atoms with Gasteiger partial charge in [-0.15, -0.1) is 0 Å². The molecule has 1 fully saturated rings. The van der Waals surface area contributed by atoms with Crippen molar-refractivity contribution in [1.29, 1.82) is 0 Å². The Morgan fingerprint density at radius 2 is 1.84 bits per heavy atom. The molecule has 0 radical (unpaired) electrons. The minimum absolute atomic E-state index is 0.0136. The molecular weight excluding hydrogens is 596 g/mol. The van der Waals surface area contributed by atoms with Gasteiger partial charge >= 0.3 is 12.3 Å². The van der Waals surface area contributed by atoms with Gasteiger partial charge in [0.05, 0.1) is 17.9 Å². The number of nitrogens with zero attached hydrogens (tertiary/aromatic N) is 3. The SMILES string of the molecule is CC[C@H](C)n1c(=O)c(-c2ccc(NS(=O)(=O)CCC(F)(F)F)c(F)c2)cc2cnc(NC3CCC(NC(=O)O)CC3)nc21. The molecular formula is C27H32F4N6O5S. The van der Waals surface area contributed by atoms with Crippen LogP contribution in [0.3, 0.4) is 0 Å². The van der Waals surface area contributed by atoms with Gasteiger partial charge < -0.3 is 15.7 Å². The van der Waals surface area contributed by atoms with Gasteiger partial charge in [0.25, 0.3) is 5.56 Å². The van der Waals surface area contributed by atoms with Crippen LogP contribution in [-0.4, -0.2) is 58.2 Å². The Labute approximate surface area is 244 Å². The highest BCUT2D eigenvalue weighted by atomic mass is 32.2. The van der Waals surface area contributed by atoms with Crippen LogP contribution in [-0.2, 0) is 10.0 Å². The van der Waals surface area contributed by atoms with Crippen molar-refractivity contribution in [2.75, 3.05) is 15.8 Å². The number of sulfonamides is 1. The first-order valence-electron chi connectivity index (χ1n) is 13.7. The van der Waals surface area contributed by atoms with Crippen molar-refractivity contribution >= 4 is 38.8 Å². The van der Waals surface area contributed by atoms with Crippen molar-refractivity contribution in [1.82, 2.24) is 19.9 Å². The second kappa shape index (κ2) is 12.7. The molecule has 234 valence electrons. The van der Waals surface area contributed by atoms with E-state index in [0.29, 0.717) is 49.1 Å². The van der Waals surface area contributed by atoms with Crippen molar-refractivity contribution in [2.45, 2.75) is 76.7 Å². The van der Waals surface area contributed by atoms with E-state index >= 15 is 0 Å². The number of nitrogens with one attached hydrogen (secondary N) is 3. The molecule has 11 nitrogen and oxygen atoms in total. The number of pyridine rings is 1. The fourth-order valence-electron chi connectivity index (χ4n) is 4.96. The number of fused-ring (bicyclic) bond motifs is 1. The highest BCUT2D eigenvalue weighted by molar-refractivity contribution is 7.92. The molecule has 1 aliphatic carbocycles. The van der Waals surface area contributed by atoms with Gasteiger partial charge in [-0.3, -0.25) is 14.1 Å². The van der Waals surface area contributed by atoms with Gasteiger partial charge in [0.15, 0.2) is 0 Å². The number of amides is 1. The fraction of sp³-hybridized carbons (Fsp3) is 0.481. The summed E-state index contributed by atoms with van der Waals surface area (Å²) in [5.41, 5.74) is -0.415. The predicted octanol–water partition coefficient (Wildman–Crippen LogP) is 5.25.